The van der Waals surface area contributed by atoms with Gasteiger partial charge in [0.05, 0.1) is 30.3 Å². The Morgan fingerprint density at radius 3 is 2.42 bits per heavy atom. The number of hydrogen-bond acceptors (Lipinski definition) is 7. The van der Waals surface area contributed by atoms with Gasteiger partial charge in [-0.1, -0.05) is 0 Å². The quantitative estimate of drug-likeness (QED) is 0.478. The first-order chi connectivity index (χ1) is 15.0. The zero-order valence-corrected chi connectivity index (χ0v) is 18.2. The van der Waals surface area contributed by atoms with Crippen LogP contribution < -0.4 is 10.1 Å². The molecular weight excluding hydrogens is 410 g/mol. The van der Waals surface area contributed by atoms with Crippen LogP contribution in [0.15, 0.2) is 55.1 Å². The molecule has 0 bridgehead atoms. The molecule has 0 atom stereocenters. The van der Waals surface area contributed by atoms with Crippen LogP contribution >= 0.6 is 11.3 Å². The summed E-state index contributed by atoms with van der Waals surface area (Å²) >= 11 is 1.56. The van der Waals surface area contributed by atoms with Gasteiger partial charge in [-0.15, -0.1) is 11.3 Å². The maximum absolute atomic E-state index is 12.9. The average Bonchev–Trinajstić information content (AvgIpc) is 3.21. The van der Waals surface area contributed by atoms with Crippen molar-refractivity contribution in [3.05, 3.63) is 82.6 Å². The van der Waals surface area contributed by atoms with Gasteiger partial charge in [-0.05, 0) is 51.1 Å². The Hall–Kier alpha value is -3.65. The molecule has 1 amide bonds. The van der Waals surface area contributed by atoms with E-state index in [2.05, 4.69) is 25.3 Å². The van der Waals surface area contributed by atoms with Crippen molar-refractivity contribution in [3.63, 3.8) is 0 Å². The summed E-state index contributed by atoms with van der Waals surface area (Å²) in [5, 5.41) is 3.71. The van der Waals surface area contributed by atoms with Gasteiger partial charge in [0.25, 0.3) is 5.91 Å². The fourth-order valence-electron chi connectivity index (χ4n) is 2.83. The Kier molecular flexibility index (Phi) is 5.99. The third-order valence-corrected chi connectivity index (χ3v) is 5.38. The van der Waals surface area contributed by atoms with Gasteiger partial charge in [0.1, 0.15) is 16.5 Å². The van der Waals surface area contributed by atoms with Crippen LogP contribution in [-0.4, -0.2) is 25.8 Å². The first kappa shape index (κ1) is 20.6. The lowest BCUT2D eigenvalue weighted by Gasteiger charge is -2.11. The van der Waals surface area contributed by atoms with E-state index in [1.54, 1.807) is 36.0 Å². The molecule has 0 aliphatic heterocycles. The molecule has 0 saturated heterocycles. The third kappa shape index (κ3) is 5.29. The Morgan fingerprint density at radius 2 is 1.74 bits per heavy atom. The monoisotopic (exact) mass is 431 g/mol. The Morgan fingerprint density at radius 1 is 0.903 bits per heavy atom. The molecule has 1 N–H and O–H groups in total. The molecule has 4 rings (SSSR count). The van der Waals surface area contributed by atoms with Crippen molar-refractivity contribution in [2.24, 2.45) is 0 Å². The van der Waals surface area contributed by atoms with Gasteiger partial charge in [-0.25, -0.2) is 4.98 Å². The molecule has 31 heavy (non-hydrogen) atoms. The average molecular weight is 432 g/mol. The number of nitrogens with zero attached hydrogens (tertiary/aromatic N) is 4. The van der Waals surface area contributed by atoms with Crippen LogP contribution in [0.25, 0.3) is 10.6 Å². The number of aromatic nitrogens is 4. The Balaban J connectivity index is 1.60. The highest BCUT2D eigenvalue weighted by Gasteiger charge is 2.13. The molecule has 0 fully saturated rings. The molecule has 0 spiro atoms. The number of ether oxygens (including phenoxy) is 1. The van der Waals surface area contributed by atoms with E-state index in [9.17, 15) is 4.79 Å². The Labute approximate surface area is 184 Å². The minimum absolute atomic E-state index is 0.232. The van der Waals surface area contributed by atoms with Crippen LogP contribution in [0, 0.1) is 20.8 Å². The van der Waals surface area contributed by atoms with Gasteiger partial charge in [0.2, 0.25) is 0 Å². The smallest absolute Gasteiger partial charge is 0.251 e. The number of carbonyl (C=O) groups excluding carboxylic acids is 1. The largest absolute Gasteiger partial charge is 0.456 e. The number of carbonyl (C=O) groups is 1. The van der Waals surface area contributed by atoms with Crippen molar-refractivity contribution in [2.45, 2.75) is 27.3 Å². The van der Waals surface area contributed by atoms with E-state index in [1.165, 1.54) is 0 Å². The molecule has 0 radical (unpaired) electrons. The van der Waals surface area contributed by atoms with E-state index >= 15 is 0 Å². The van der Waals surface area contributed by atoms with Crippen LogP contribution in [0.3, 0.4) is 0 Å². The minimum atomic E-state index is -0.232. The summed E-state index contributed by atoms with van der Waals surface area (Å²) in [4.78, 5) is 31.2. The SMILES string of the molecule is Cc1ccc(Oc2cc(C(=O)NCc3cnc(C)cn3)cc(-c3ncc(C)s3)c2)cn1. The van der Waals surface area contributed by atoms with E-state index in [4.69, 9.17) is 4.74 Å². The maximum Gasteiger partial charge on any atom is 0.251 e. The van der Waals surface area contributed by atoms with Gasteiger partial charge in [-0.3, -0.25) is 19.7 Å². The lowest BCUT2D eigenvalue weighted by atomic mass is 10.1. The summed E-state index contributed by atoms with van der Waals surface area (Å²) in [5.41, 5.74) is 3.71. The van der Waals surface area contributed by atoms with Crippen LogP contribution in [0.2, 0.25) is 0 Å². The van der Waals surface area contributed by atoms with E-state index in [0.717, 1.165) is 26.8 Å². The molecule has 3 aromatic heterocycles. The van der Waals surface area contributed by atoms with Gasteiger partial charge in [0.15, 0.2) is 0 Å². The molecule has 0 aliphatic carbocycles. The van der Waals surface area contributed by atoms with Crippen molar-refractivity contribution in [1.82, 2.24) is 25.3 Å². The first-order valence-corrected chi connectivity index (χ1v) is 10.5. The Bertz CT molecular complexity index is 1200. The molecule has 7 nitrogen and oxygen atoms in total. The summed E-state index contributed by atoms with van der Waals surface area (Å²) in [6, 6.07) is 9.12. The van der Waals surface area contributed by atoms with E-state index < -0.39 is 0 Å². The number of rotatable bonds is 6. The normalized spacial score (nSPS) is 10.7. The van der Waals surface area contributed by atoms with Gasteiger partial charge >= 0.3 is 0 Å². The second kappa shape index (κ2) is 9.01. The number of pyridine rings is 1. The molecule has 3 heterocycles. The molecule has 0 unspecified atom stereocenters. The molecular formula is C23H21N5O2S. The van der Waals surface area contributed by atoms with Gasteiger partial charge < -0.3 is 10.1 Å². The van der Waals surface area contributed by atoms with Crippen molar-refractivity contribution in [3.8, 4) is 22.1 Å². The fraction of sp³-hybridized carbons (Fsp3) is 0.174. The number of amides is 1. The van der Waals surface area contributed by atoms with Crippen LogP contribution in [0.4, 0.5) is 0 Å². The van der Waals surface area contributed by atoms with Crippen LogP contribution in [-0.2, 0) is 6.54 Å². The zero-order valence-electron chi connectivity index (χ0n) is 17.4. The molecule has 0 aliphatic rings. The van der Waals surface area contributed by atoms with Gasteiger partial charge in [0, 0.05) is 34.1 Å². The first-order valence-electron chi connectivity index (χ1n) is 9.70. The highest BCUT2D eigenvalue weighted by molar-refractivity contribution is 7.14. The molecule has 1 aromatic carbocycles. The molecule has 0 saturated carbocycles. The van der Waals surface area contributed by atoms with Crippen LogP contribution in [0.5, 0.6) is 11.5 Å². The number of nitrogens with one attached hydrogen (secondary N) is 1. The zero-order chi connectivity index (χ0) is 21.8. The predicted molar refractivity (Wildman–Crippen MR) is 119 cm³/mol. The summed E-state index contributed by atoms with van der Waals surface area (Å²) in [6.45, 7) is 6.06. The molecule has 8 heteroatoms. The lowest BCUT2D eigenvalue weighted by molar-refractivity contribution is 0.0950. The van der Waals surface area contributed by atoms with E-state index in [-0.39, 0.29) is 12.5 Å². The van der Waals surface area contributed by atoms with Crippen molar-refractivity contribution >= 4 is 17.2 Å². The maximum atomic E-state index is 12.9. The van der Waals surface area contributed by atoms with Gasteiger partial charge in [-0.2, -0.15) is 0 Å². The number of hydrogen-bond donors (Lipinski definition) is 1. The van der Waals surface area contributed by atoms with Crippen molar-refractivity contribution in [1.29, 1.82) is 0 Å². The van der Waals surface area contributed by atoms with Crippen LogP contribution in [0.1, 0.15) is 32.3 Å². The summed E-state index contributed by atoms with van der Waals surface area (Å²) < 4.78 is 5.98. The second-order valence-electron chi connectivity index (χ2n) is 7.09. The lowest BCUT2D eigenvalue weighted by Crippen LogP contribution is -2.23. The highest BCUT2D eigenvalue weighted by Crippen LogP contribution is 2.31. The van der Waals surface area contributed by atoms with Crippen molar-refractivity contribution in [2.75, 3.05) is 0 Å². The molecule has 156 valence electrons. The fourth-order valence-corrected chi connectivity index (χ4v) is 3.59. The standard InChI is InChI=1S/C23H21N5O2S/c1-14-4-5-20(13-25-14)30-21-7-17(6-18(8-21)23-28-10-16(3)31-23)22(29)27-12-19-11-24-15(2)9-26-19/h4-11,13H,12H2,1-3H3,(H,27,29). The number of thiazole rings is 1. The van der Waals surface area contributed by atoms with Crippen molar-refractivity contribution < 1.29 is 9.53 Å². The number of aryl methyl sites for hydroxylation is 3. The minimum Gasteiger partial charge on any atom is -0.456 e. The summed E-state index contributed by atoms with van der Waals surface area (Å²) in [6.07, 6.45) is 6.80. The summed E-state index contributed by atoms with van der Waals surface area (Å²) in [5.74, 6) is 0.903. The topological polar surface area (TPSA) is 89.9 Å². The third-order valence-electron chi connectivity index (χ3n) is 4.42. The summed E-state index contributed by atoms with van der Waals surface area (Å²) in [7, 11) is 0. The number of benzene rings is 1. The second-order valence-corrected chi connectivity index (χ2v) is 8.33. The highest BCUT2D eigenvalue weighted by atomic mass is 32.1. The van der Waals surface area contributed by atoms with E-state index in [0.29, 0.717) is 22.8 Å². The molecule has 4 aromatic rings. The van der Waals surface area contributed by atoms with E-state index in [1.807, 2.05) is 51.2 Å². The predicted octanol–water partition coefficient (Wildman–Crippen LogP) is 4.64.